The van der Waals surface area contributed by atoms with Gasteiger partial charge in [-0.1, -0.05) is 6.07 Å². The number of nitrogens with two attached hydrogens (primary N) is 1. The van der Waals surface area contributed by atoms with Crippen LogP contribution < -0.4 is 10.5 Å². The molecule has 2 rings (SSSR count). The maximum Gasteiger partial charge on any atom is 0.573 e. The minimum Gasteiger partial charge on any atom is -0.405 e. The van der Waals surface area contributed by atoms with Crippen molar-refractivity contribution in [3.63, 3.8) is 0 Å². The van der Waals surface area contributed by atoms with Crippen LogP contribution in [-0.4, -0.2) is 30.4 Å². The summed E-state index contributed by atoms with van der Waals surface area (Å²) in [6.07, 6.45) is -2.49. The van der Waals surface area contributed by atoms with E-state index >= 15 is 0 Å². The van der Waals surface area contributed by atoms with Gasteiger partial charge in [0.15, 0.2) is 0 Å². The number of hydrogen-bond acceptors (Lipinski definition) is 3. The highest BCUT2D eigenvalue weighted by molar-refractivity contribution is 9.10. The van der Waals surface area contributed by atoms with E-state index in [1.807, 2.05) is 0 Å². The fraction of sp³-hybridized carbons (Fsp3) is 0.538. The van der Waals surface area contributed by atoms with E-state index < -0.39 is 6.36 Å². The normalized spacial score (nSPS) is 19.4. The lowest BCUT2D eigenvalue weighted by Gasteiger charge is -2.23. The number of hydrogen-bond donors (Lipinski definition) is 1. The van der Waals surface area contributed by atoms with Crippen LogP contribution in [0.15, 0.2) is 22.7 Å². The van der Waals surface area contributed by atoms with Gasteiger partial charge < -0.3 is 10.5 Å². The highest BCUT2D eigenvalue weighted by atomic mass is 79.9. The van der Waals surface area contributed by atoms with Gasteiger partial charge >= 0.3 is 6.36 Å². The van der Waals surface area contributed by atoms with Gasteiger partial charge in [-0.25, -0.2) is 0 Å². The summed E-state index contributed by atoms with van der Waals surface area (Å²) in [5.74, 6) is -0.224. The number of likely N-dealkylation sites (tertiary alicyclic amines) is 1. The van der Waals surface area contributed by atoms with E-state index in [1.54, 1.807) is 12.1 Å². The van der Waals surface area contributed by atoms with E-state index in [0.29, 0.717) is 23.6 Å². The van der Waals surface area contributed by atoms with Gasteiger partial charge in [-0.05, 0) is 53.0 Å². The first kappa shape index (κ1) is 18.5. The highest BCUT2D eigenvalue weighted by Gasteiger charge is 2.32. The van der Waals surface area contributed by atoms with Gasteiger partial charge in [-0.3, -0.25) is 4.90 Å². The van der Waals surface area contributed by atoms with Gasteiger partial charge in [0.2, 0.25) is 0 Å². The molecule has 0 saturated carbocycles. The van der Waals surface area contributed by atoms with Gasteiger partial charge in [0.05, 0.1) is 4.47 Å². The molecule has 1 atom stereocenters. The van der Waals surface area contributed by atoms with Crippen LogP contribution in [0.2, 0.25) is 0 Å². The second-order valence-corrected chi connectivity index (χ2v) is 5.67. The van der Waals surface area contributed by atoms with Crippen LogP contribution in [0.4, 0.5) is 13.2 Å². The molecule has 1 heterocycles. The first-order chi connectivity index (χ1) is 9.39. The molecule has 0 aliphatic carbocycles. The van der Waals surface area contributed by atoms with Crippen LogP contribution in [0.3, 0.4) is 0 Å². The summed E-state index contributed by atoms with van der Waals surface area (Å²) in [4.78, 5) is 2.26. The van der Waals surface area contributed by atoms with Crippen molar-refractivity contribution in [2.75, 3.05) is 13.1 Å². The van der Waals surface area contributed by atoms with E-state index in [9.17, 15) is 13.2 Å². The van der Waals surface area contributed by atoms with Crippen molar-refractivity contribution >= 4 is 28.3 Å². The summed E-state index contributed by atoms with van der Waals surface area (Å²) in [5, 5.41) is 0. The Morgan fingerprint density at radius 3 is 2.67 bits per heavy atom. The van der Waals surface area contributed by atoms with Gasteiger partial charge in [0.25, 0.3) is 0 Å². The van der Waals surface area contributed by atoms with E-state index in [2.05, 4.69) is 25.6 Å². The third kappa shape index (κ3) is 5.32. The van der Waals surface area contributed by atoms with Crippen molar-refractivity contribution in [3.05, 3.63) is 28.2 Å². The number of alkyl halides is 3. The molecule has 1 unspecified atom stereocenters. The zero-order valence-corrected chi connectivity index (χ0v) is 13.6. The third-order valence-electron chi connectivity index (χ3n) is 3.38. The lowest BCUT2D eigenvalue weighted by atomic mass is 10.2. The maximum absolute atomic E-state index is 12.2. The topological polar surface area (TPSA) is 38.5 Å². The molecule has 0 amide bonds. The smallest absolute Gasteiger partial charge is 0.405 e. The minimum atomic E-state index is -4.68. The highest BCUT2D eigenvalue weighted by Crippen LogP contribution is 2.31. The number of halogens is 5. The molecule has 2 N–H and O–H groups in total. The first-order valence-electron chi connectivity index (χ1n) is 6.37. The van der Waals surface area contributed by atoms with Crippen LogP contribution in [0, 0.1) is 0 Å². The molecule has 1 aromatic carbocycles. The fourth-order valence-electron chi connectivity index (χ4n) is 2.45. The van der Waals surface area contributed by atoms with Crippen LogP contribution >= 0.6 is 28.3 Å². The Hall–Kier alpha value is -0.500. The summed E-state index contributed by atoms with van der Waals surface area (Å²) in [6.45, 7) is 2.27. The SMILES string of the molecule is Cl.NCC1CCCN1Cc1ccc(OC(F)(F)F)c(Br)c1. The van der Waals surface area contributed by atoms with Crippen LogP contribution in [0.1, 0.15) is 18.4 Å². The molecule has 0 radical (unpaired) electrons. The average molecular weight is 390 g/mol. The Morgan fingerprint density at radius 1 is 1.38 bits per heavy atom. The zero-order valence-electron chi connectivity index (χ0n) is 11.2. The molecule has 1 fully saturated rings. The van der Waals surface area contributed by atoms with Crippen molar-refractivity contribution in [3.8, 4) is 5.75 Å². The van der Waals surface area contributed by atoms with E-state index in [0.717, 1.165) is 24.9 Å². The van der Waals surface area contributed by atoms with Crippen molar-refractivity contribution in [1.82, 2.24) is 4.90 Å². The molecule has 1 aliphatic rings. The molecule has 21 heavy (non-hydrogen) atoms. The molecular formula is C13H17BrClF3N2O. The summed E-state index contributed by atoms with van der Waals surface area (Å²) >= 11 is 3.11. The summed E-state index contributed by atoms with van der Waals surface area (Å²) < 4.78 is 40.8. The molecule has 1 aromatic rings. The molecule has 1 aliphatic heterocycles. The van der Waals surface area contributed by atoms with Crippen molar-refractivity contribution in [2.45, 2.75) is 31.8 Å². The minimum absolute atomic E-state index is 0. The average Bonchev–Trinajstić information content (AvgIpc) is 2.78. The predicted octanol–water partition coefficient (Wildman–Crippen LogP) is 3.69. The summed E-state index contributed by atoms with van der Waals surface area (Å²) in [5.41, 5.74) is 6.64. The summed E-state index contributed by atoms with van der Waals surface area (Å²) in [7, 11) is 0. The van der Waals surface area contributed by atoms with Crippen LogP contribution in [-0.2, 0) is 6.54 Å². The second kappa shape index (κ2) is 7.67. The predicted molar refractivity (Wildman–Crippen MR) is 80.6 cm³/mol. The van der Waals surface area contributed by atoms with Gasteiger partial charge in [0, 0.05) is 19.1 Å². The van der Waals surface area contributed by atoms with E-state index in [4.69, 9.17) is 5.73 Å². The molecule has 120 valence electrons. The lowest BCUT2D eigenvalue weighted by Crippen LogP contribution is -2.34. The Kier molecular flexibility index (Phi) is 6.77. The summed E-state index contributed by atoms with van der Waals surface area (Å²) in [6, 6.07) is 5.00. The molecule has 1 saturated heterocycles. The number of rotatable bonds is 4. The van der Waals surface area contributed by atoms with E-state index in [1.165, 1.54) is 6.07 Å². The molecule has 0 aromatic heterocycles. The molecule has 8 heteroatoms. The number of nitrogens with zero attached hydrogens (tertiary/aromatic N) is 1. The van der Waals surface area contributed by atoms with Crippen molar-refractivity contribution < 1.29 is 17.9 Å². The molecule has 3 nitrogen and oxygen atoms in total. The van der Waals surface area contributed by atoms with E-state index in [-0.39, 0.29) is 18.2 Å². The second-order valence-electron chi connectivity index (χ2n) is 4.81. The monoisotopic (exact) mass is 388 g/mol. The first-order valence-corrected chi connectivity index (χ1v) is 7.16. The van der Waals surface area contributed by atoms with Crippen LogP contribution in [0.5, 0.6) is 5.75 Å². The zero-order chi connectivity index (χ0) is 14.8. The Balaban J connectivity index is 0.00000220. The largest absolute Gasteiger partial charge is 0.573 e. The molecular weight excluding hydrogens is 373 g/mol. The number of benzene rings is 1. The van der Waals surface area contributed by atoms with Crippen molar-refractivity contribution in [2.24, 2.45) is 5.73 Å². The van der Waals surface area contributed by atoms with Crippen LogP contribution in [0.25, 0.3) is 0 Å². The fourth-order valence-corrected chi connectivity index (χ4v) is 2.96. The number of ether oxygens (including phenoxy) is 1. The Bertz CT molecular complexity index is 473. The van der Waals surface area contributed by atoms with Gasteiger partial charge in [-0.15, -0.1) is 25.6 Å². The standard InChI is InChI=1S/C13H16BrF3N2O.ClH/c14-11-6-9(3-4-12(11)20-13(15,16)17)8-19-5-1-2-10(19)7-18;/h3-4,6,10H,1-2,5,7-8,18H2;1H. The van der Waals surface area contributed by atoms with Gasteiger partial charge in [-0.2, -0.15) is 0 Å². The third-order valence-corrected chi connectivity index (χ3v) is 4.00. The molecule has 0 bridgehead atoms. The molecule has 0 spiro atoms. The lowest BCUT2D eigenvalue weighted by molar-refractivity contribution is -0.274. The quantitative estimate of drug-likeness (QED) is 0.853. The van der Waals surface area contributed by atoms with Crippen molar-refractivity contribution in [1.29, 1.82) is 0 Å². The maximum atomic E-state index is 12.2. The van der Waals surface area contributed by atoms with Gasteiger partial charge in [0.1, 0.15) is 5.75 Å². The Labute approximate surface area is 136 Å². The Morgan fingerprint density at radius 2 is 2.10 bits per heavy atom.